The van der Waals surface area contributed by atoms with E-state index in [2.05, 4.69) is 10.4 Å². The Labute approximate surface area is 146 Å². The molecule has 0 radical (unpaired) electrons. The number of nitrogens with zero attached hydrogens (tertiary/aromatic N) is 3. The van der Waals surface area contributed by atoms with E-state index in [0.29, 0.717) is 18.1 Å². The van der Waals surface area contributed by atoms with Crippen molar-refractivity contribution < 1.29 is 9.90 Å². The summed E-state index contributed by atoms with van der Waals surface area (Å²) < 4.78 is 1.82. The van der Waals surface area contributed by atoms with Gasteiger partial charge >= 0.3 is 6.03 Å². The first-order valence-electron chi connectivity index (χ1n) is 8.09. The highest BCUT2D eigenvalue weighted by Crippen LogP contribution is 2.20. The van der Waals surface area contributed by atoms with Gasteiger partial charge < -0.3 is 15.3 Å². The highest BCUT2D eigenvalue weighted by Gasteiger charge is 2.28. The molecule has 2 atom stereocenters. The fourth-order valence-corrected chi connectivity index (χ4v) is 3.22. The fourth-order valence-electron chi connectivity index (χ4n) is 3.09. The number of likely N-dealkylation sites (tertiary alicyclic amines) is 1. The Kier molecular flexibility index (Phi) is 5.37. The number of hydrogen-bond acceptors (Lipinski definition) is 3. The first kappa shape index (κ1) is 16.8. The van der Waals surface area contributed by atoms with Crippen LogP contribution in [0.4, 0.5) is 4.79 Å². The van der Waals surface area contributed by atoms with Gasteiger partial charge in [0.1, 0.15) is 0 Å². The number of nitrogens with one attached hydrogen (secondary N) is 1. The zero-order valence-corrected chi connectivity index (χ0v) is 14.1. The van der Waals surface area contributed by atoms with Gasteiger partial charge in [0.2, 0.25) is 0 Å². The summed E-state index contributed by atoms with van der Waals surface area (Å²) in [5.74, 6) is 0. The van der Waals surface area contributed by atoms with Crippen molar-refractivity contribution in [1.29, 1.82) is 0 Å². The van der Waals surface area contributed by atoms with E-state index < -0.39 is 0 Å². The molecular weight excluding hydrogens is 328 g/mol. The number of carbonyl (C=O) groups excluding carboxylic acids is 1. The van der Waals surface area contributed by atoms with E-state index in [1.807, 2.05) is 41.2 Å². The lowest BCUT2D eigenvalue weighted by Crippen LogP contribution is -2.45. The van der Waals surface area contributed by atoms with Gasteiger partial charge in [-0.05, 0) is 36.6 Å². The summed E-state index contributed by atoms with van der Waals surface area (Å²) in [6, 6.07) is 9.06. The standard InChI is InChI=1S/C17H21ClN4O2/c18-14-6-4-13(5-7-14)16(22-10-2-8-20-22)11-19-17(24)21-9-1-3-15(21)12-23/h2,4-8,10,15-16,23H,1,3,9,11-12H2,(H,19,24). The summed E-state index contributed by atoms with van der Waals surface area (Å²) >= 11 is 5.96. The smallest absolute Gasteiger partial charge is 0.317 e. The van der Waals surface area contributed by atoms with Crippen molar-refractivity contribution in [2.75, 3.05) is 19.7 Å². The maximum Gasteiger partial charge on any atom is 0.317 e. The van der Waals surface area contributed by atoms with Crippen LogP contribution in [-0.4, -0.2) is 51.6 Å². The minimum atomic E-state index is -0.141. The Morgan fingerprint density at radius 1 is 1.42 bits per heavy atom. The maximum absolute atomic E-state index is 12.4. The van der Waals surface area contributed by atoms with E-state index in [9.17, 15) is 9.90 Å². The third kappa shape index (κ3) is 3.71. The number of urea groups is 1. The molecule has 128 valence electrons. The van der Waals surface area contributed by atoms with Crippen LogP contribution in [0.1, 0.15) is 24.4 Å². The summed E-state index contributed by atoms with van der Waals surface area (Å²) in [7, 11) is 0. The van der Waals surface area contributed by atoms with Gasteiger partial charge in [-0.25, -0.2) is 4.79 Å². The molecule has 2 aromatic rings. The van der Waals surface area contributed by atoms with Crippen molar-refractivity contribution in [3.8, 4) is 0 Å². The third-order valence-electron chi connectivity index (χ3n) is 4.39. The fraction of sp³-hybridized carbons (Fsp3) is 0.412. The largest absolute Gasteiger partial charge is 0.394 e. The minimum Gasteiger partial charge on any atom is -0.394 e. The van der Waals surface area contributed by atoms with Crippen LogP contribution in [0.2, 0.25) is 5.02 Å². The summed E-state index contributed by atoms with van der Waals surface area (Å²) in [4.78, 5) is 14.1. The van der Waals surface area contributed by atoms with E-state index in [1.54, 1.807) is 11.1 Å². The highest BCUT2D eigenvalue weighted by molar-refractivity contribution is 6.30. The SMILES string of the molecule is O=C(NCC(c1ccc(Cl)cc1)n1cccn1)N1CCCC1CO. The highest BCUT2D eigenvalue weighted by atomic mass is 35.5. The first-order valence-corrected chi connectivity index (χ1v) is 8.46. The van der Waals surface area contributed by atoms with Gasteiger partial charge in [0, 0.05) is 30.5 Å². The number of aromatic nitrogens is 2. The van der Waals surface area contributed by atoms with Crippen molar-refractivity contribution >= 4 is 17.6 Å². The molecule has 7 heteroatoms. The van der Waals surface area contributed by atoms with Crippen LogP contribution < -0.4 is 5.32 Å². The monoisotopic (exact) mass is 348 g/mol. The normalized spacial score (nSPS) is 18.6. The molecule has 0 bridgehead atoms. The summed E-state index contributed by atoms with van der Waals surface area (Å²) in [5.41, 5.74) is 1.02. The number of hydrogen-bond donors (Lipinski definition) is 2. The van der Waals surface area contributed by atoms with E-state index in [0.717, 1.165) is 18.4 Å². The van der Waals surface area contributed by atoms with Crippen LogP contribution in [0, 0.1) is 0 Å². The Bertz CT molecular complexity index is 660. The molecule has 0 aliphatic carbocycles. The zero-order valence-electron chi connectivity index (χ0n) is 13.3. The second-order valence-corrected chi connectivity index (χ2v) is 6.35. The topological polar surface area (TPSA) is 70.4 Å². The number of aliphatic hydroxyl groups excluding tert-OH is 1. The van der Waals surface area contributed by atoms with Crippen molar-refractivity contribution in [3.05, 3.63) is 53.3 Å². The summed E-state index contributed by atoms with van der Waals surface area (Å²) in [5, 5.41) is 17.3. The Hall–Kier alpha value is -2.05. The lowest BCUT2D eigenvalue weighted by molar-refractivity contribution is 0.156. The molecule has 3 rings (SSSR count). The molecule has 1 saturated heterocycles. The molecule has 0 spiro atoms. The van der Waals surface area contributed by atoms with Crippen molar-refractivity contribution in [2.24, 2.45) is 0 Å². The molecule has 1 aliphatic rings. The van der Waals surface area contributed by atoms with E-state index in [-0.39, 0.29) is 24.7 Å². The third-order valence-corrected chi connectivity index (χ3v) is 4.65. The molecular formula is C17H21ClN4O2. The molecule has 2 N–H and O–H groups in total. The maximum atomic E-state index is 12.4. The van der Waals surface area contributed by atoms with Gasteiger partial charge in [-0.2, -0.15) is 5.10 Å². The van der Waals surface area contributed by atoms with Crippen molar-refractivity contribution in [1.82, 2.24) is 20.0 Å². The van der Waals surface area contributed by atoms with Gasteiger partial charge in [-0.1, -0.05) is 23.7 Å². The Morgan fingerprint density at radius 2 is 2.21 bits per heavy atom. The molecule has 24 heavy (non-hydrogen) atoms. The van der Waals surface area contributed by atoms with Crippen molar-refractivity contribution in [3.63, 3.8) is 0 Å². The van der Waals surface area contributed by atoms with Gasteiger partial charge in [0.05, 0.1) is 18.7 Å². The second-order valence-electron chi connectivity index (χ2n) is 5.91. The molecule has 0 saturated carbocycles. The number of aliphatic hydroxyl groups is 1. The molecule has 2 heterocycles. The predicted octanol–water partition coefficient (Wildman–Crippen LogP) is 2.29. The number of benzene rings is 1. The second kappa shape index (κ2) is 7.68. The molecule has 6 nitrogen and oxygen atoms in total. The number of halogens is 1. The van der Waals surface area contributed by atoms with Gasteiger partial charge in [0.25, 0.3) is 0 Å². The summed E-state index contributed by atoms with van der Waals surface area (Å²) in [6.07, 6.45) is 5.37. The Balaban J connectivity index is 1.71. The molecule has 1 aromatic carbocycles. The Morgan fingerprint density at radius 3 is 2.88 bits per heavy atom. The van der Waals surface area contributed by atoms with Crippen LogP contribution in [0.25, 0.3) is 0 Å². The van der Waals surface area contributed by atoms with Crippen LogP contribution >= 0.6 is 11.6 Å². The average Bonchev–Trinajstić information content (AvgIpc) is 3.27. The molecule has 1 fully saturated rings. The van der Waals surface area contributed by atoms with E-state index in [1.165, 1.54) is 0 Å². The van der Waals surface area contributed by atoms with E-state index in [4.69, 9.17) is 11.6 Å². The number of amides is 2. The van der Waals surface area contributed by atoms with Crippen LogP contribution in [0.15, 0.2) is 42.7 Å². The molecule has 2 unspecified atom stereocenters. The average molecular weight is 349 g/mol. The summed E-state index contributed by atoms with van der Waals surface area (Å²) in [6.45, 7) is 1.11. The quantitative estimate of drug-likeness (QED) is 0.871. The number of rotatable bonds is 5. The molecule has 1 aromatic heterocycles. The molecule has 1 aliphatic heterocycles. The van der Waals surface area contributed by atoms with Gasteiger partial charge in [-0.15, -0.1) is 0 Å². The zero-order chi connectivity index (χ0) is 16.9. The van der Waals surface area contributed by atoms with Crippen LogP contribution in [-0.2, 0) is 0 Å². The van der Waals surface area contributed by atoms with Crippen molar-refractivity contribution in [2.45, 2.75) is 24.9 Å². The minimum absolute atomic E-state index is 0.00713. The number of carbonyl (C=O) groups is 1. The lowest BCUT2D eigenvalue weighted by Gasteiger charge is -2.25. The van der Waals surface area contributed by atoms with Crippen LogP contribution in [0.5, 0.6) is 0 Å². The van der Waals surface area contributed by atoms with Crippen LogP contribution in [0.3, 0.4) is 0 Å². The predicted molar refractivity (Wildman–Crippen MR) is 92.0 cm³/mol. The molecule has 2 amide bonds. The van der Waals surface area contributed by atoms with Gasteiger partial charge in [0.15, 0.2) is 0 Å². The first-order chi connectivity index (χ1) is 11.7. The van der Waals surface area contributed by atoms with E-state index >= 15 is 0 Å². The van der Waals surface area contributed by atoms with Gasteiger partial charge in [-0.3, -0.25) is 4.68 Å². The lowest BCUT2D eigenvalue weighted by atomic mass is 10.1.